The van der Waals surface area contributed by atoms with Gasteiger partial charge in [-0.2, -0.15) is 8.42 Å². The monoisotopic (exact) mass is 260 g/mol. The molecule has 0 radical (unpaired) electrons. The summed E-state index contributed by atoms with van der Waals surface area (Å²) in [6, 6.07) is 5.17. The molecule has 94 valence electrons. The number of phenols is 1. The van der Waals surface area contributed by atoms with Gasteiger partial charge in [-0.25, -0.2) is 9.03 Å². The Morgan fingerprint density at radius 2 is 1.88 bits per heavy atom. The molecule has 1 aromatic carbocycles. The molecule has 0 aliphatic carbocycles. The first-order chi connectivity index (χ1) is 7.86. The topological polar surface area (TPSA) is 107 Å². The third-order valence-corrected chi connectivity index (χ3v) is 3.40. The number of aliphatic carboxylic acids is 1. The number of nitrogens with zero attached hydrogens (tertiary/aromatic N) is 1. The average Bonchev–Trinajstić information content (AvgIpc) is 2.27. The van der Waals surface area contributed by atoms with Crippen molar-refractivity contribution in [1.29, 1.82) is 0 Å². The van der Waals surface area contributed by atoms with Crippen LogP contribution in [0.4, 0.5) is 5.69 Å². The van der Waals surface area contributed by atoms with E-state index in [0.717, 1.165) is 0 Å². The van der Waals surface area contributed by atoms with Crippen LogP contribution < -0.4 is 9.03 Å². The Hall–Kier alpha value is -1.80. The van der Waals surface area contributed by atoms with Crippen molar-refractivity contribution < 1.29 is 23.4 Å². The van der Waals surface area contributed by atoms with Gasteiger partial charge in [0.1, 0.15) is 12.3 Å². The molecule has 0 spiro atoms. The highest BCUT2D eigenvalue weighted by molar-refractivity contribution is 7.90. The molecule has 0 bridgehead atoms. The second-order valence-electron chi connectivity index (χ2n) is 3.13. The van der Waals surface area contributed by atoms with E-state index in [1.165, 1.54) is 31.3 Å². The maximum Gasteiger partial charge on any atom is 0.324 e. The molecule has 0 unspecified atom stereocenters. The van der Waals surface area contributed by atoms with Crippen LogP contribution in [0.3, 0.4) is 0 Å². The van der Waals surface area contributed by atoms with Crippen molar-refractivity contribution in [2.45, 2.75) is 0 Å². The van der Waals surface area contributed by atoms with E-state index in [4.69, 9.17) is 10.2 Å². The number of aromatic hydroxyl groups is 1. The Morgan fingerprint density at radius 1 is 1.35 bits per heavy atom. The second kappa shape index (κ2) is 5.02. The Kier molecular flexibility index (Phi) is 3.92. The largest absolute Gasteiger partial charge is 0.508 e. The maximum absolute atomic E-state index is 11.6. The van der Waals surface area contributed by atoms with Crippen molar-refractivity contribution in [3.05, 3.63) is 24.3 Å². The molecule has 1 aromatic rings. The Labute approximate surface area is 98.5 Å². The first-order valence-electron chi connectivity index (χ1n) is 4.59. The molecule has 0 saturated heterocycles. The summed E-state index contributed by atoms with van der Waals surface area (Å²) in [6.45, 7) is -0.700. The number of hydrogen-bond donors (Lipinski definition) is 3. The van der Waals surface area contributed by atoms with Gasteiger partial charge in [0.15, 0.2) is 0 Å². The van der Waals surface area contributed by atoms with Crippen molar-refractivity contribution in [1.82, 2.24) is 4.72 Å². The van der Waals surface area contributed by atoms with E-state index >= 15 is 0 Å². The summed E-state index contributed by atoms with van der Waals surface area (Å²) in [5, 5.41) is 17.8. The standard InChI is InChI=1S/C9H12N2O5S/c1-10-17(15,16)11(6-9(13)14)7-2-4-8(12)5-3-7/h2-5,10,12H,6H2,1H3,(H,13,14). The predicted molar refractivity (Wildman–Crippen MR) is 61.1 cm³/mol. The number of carboxylic acids is 1. The van der Waals surface area contributed by atoms with Crippen molar-refractivity contribution in [3.63, 3.8) is 0 Å². The molecular weight excluding hydrogens is 248 g/mol. The zero-order valence-corrected chi connectivity index (χ0v) is 9.81. The molecule has 0 fully saturated rings. The minimum absolute atomic E-state index is 0.0362. The van der Waals surface area contributed by atoms with E-state index in [-0.39, 0.29) is 11.4 Å². The number of benzene rings is 1. The van der Waals surface area contributed by atoms with Crippen molar-refractivity contribution in [2.24, 2.45) is 0 Å². The normalized spacial score (nSPS) is 11.1. The minimum Gasteiger partial charge on any atom is -0.508 e. The van der Waals surface area contributed by atoms with Crippen LogP contribution >= 0.6 is 0 Å². The number of nitrogens with one attached hydrogen (secondary N) is 1. The molecule has 17 heavy (non-hydrogen) atoms. The van der Waals surface area contributed by atoms with Gasteiger partial charge in [0.05, 0.1) is 5.69 Å². The van der Waals surface area contributed by atoms with Crippen LogP contribution in [0.1, 0.15) is 0 Å². The van der Waals surface area contributed by atoms with Gasteiger partial charge in [-0.15, -0.1) is 0 Å². The molecule has 8 heteroatoms. The maximum atomic E-state index is 11.6. The molecular formula is C9H12N2O5S. The number of rotatable bonds is 5. The van der Waals surface area contributed by atoms with E-state index in [2.05, 4.69) is 0 Å². The molecule has 0 aliphatic heterocycles. The average molecular weight is 260 g/mol. The second-order valence-corrected chi connectivity index (χ2v) is 4.93. The van der Waals surface area contributed by atoms with Crippen LogP contribution in [0.5, 0.6) is 5.75 Å². The van der Waals surface area contributed by atoms with E-state index in [0.29, 0.717) is 4.31 Å². The molecule has 1 rings (SSSR count). The summed E-state index contributed by atoms with van der Waals surface area (Å²) >= 11 is 0. The van der Waals surface area contributed by atoms with Crippen LogP contribution in [0, 0.1) is 0 Å². The summed E-state index contributed by atoms with van der Waals surface area (Å²) in [5.41, 5.74) is 0.152. The van der Waals surface area contributed by atoms with Gasteiger partial charge in [0.2, 0.25) is 0 Å². The number of carboxylic acid groups (broad SMARTS) is 1. The van der Waals surface area contributed by atoms with Crippen LogP contribution in [0.15, 0.2) is 24.3 Å². The Morgan fingerprint density at radius 3 is 2.29 bits per heavy atom. The number of anilines is 1. The lowest BCUT2D eigenvalue weighted by molar-refractivity contribution is -0.135. The lowest BCUT2D eigenvalue weighted by Gasteiger charge is -2.21. The van der Waals surface area contributed by atoms with Gasteiger partial charge < -0.3 is 10.2 Å². The van der Waals surface area contributed by atoms with Gasteiger partial charge >= 0.3 is 16.2 Å². The third kappa shape index (κ3) is 3.33. The van der Waals surface area contributed by atoms with Crippen molar-refractivity contribution in [2.75, 3.05) is 17.9 Å². The Bertz CT molecular complexity index is 497. The highest BCUT2D eigenvalue weighted by atomic mass is 32.2. The third-order valence-electron chi connectivity index (χ3n) is 1.96. The highest BCUT2D eigenvalue weighted by Crippen LogP contribution is 2.20. The van der Waals surface area contributed by atoms with Crippen LogP contribution in [-0.4, -0.2) is 38.2 Å². The van der Waals surface area contributed by atoms with Gasteiger partial charge in [0.25, 0.3) is 0 Å². The summed E-state index contributed by atoms with van der Waals surface area (Å²) < 4.78 is 25.9. The molecule has 7 nitrogen and oxygen atoms in total. The molecule has 0 saturated carbocycles. The van der Waals surface area contributed by atoms with Crippen molar-refractivity contribution in [3.8, 4) is 5.75 Å². The van der Waals surface area contributed by atoms with Gasteiger partial charge in [0, 0.05) is 7.05 Å². The first-order valence-corrected chi connectivity index (χ1v) is 6.03. The summed E-state index contributed by atoms with van der Waals surface area (Å²) in [4.78, 5) is 10.6. The summed E-state index contributed by atoms with van der Waals surface area (Å²) in [6.07, 6.45) is 0. The van der Waals surface area contributed by atoms with Crippen molar-refractivity contribution >= 4 is 21.9 Å². The zero-order chi connectivity index (χ0) is 13.1. The van der Waals surface area contributed by atoms with Gasteiger partial charge in [-0.1, -0.05) is 0 Å². The fourth-order valence-electron chi connectivity index (χ4n) is 1.17. The van der Waals surface area contributed by atoms with Gasteiger partial charge in [-0.05, 0) is 24.3 Å². The molecule has 0 aromatic heterocycles. The van der Waals surface area contributed by atoms with Crippen LogP contribution in [0.25, 0.3) is 0 Å². The summed E-state index contributed by atoms with van der Waals surface area (Å²) in [5.74, 6) is -1.32. The number of phenolic OH excluding ortho intramolecular Hbond substituents is 1. The lowest BCUT2D eigenvalue weighted by Crippen LogP contribution is -2.42. The number of hydrogen-bond acceptors (Lipinski definition) is 4. The van der Waals surface area contributed by atoms with E-state index in [9.17, 15) is 13.2 Å². The Balaban J connectivity index is 3.15. The minimum atomic E-state index is -3.90. The van der Waals surface area contributed by atoms with E-state index in [1.807, 2.05) is 4.72 Å². The van der Waals surface area contributed by atoms with Crippen LogP contribution in [0.2, 0.25) is 0 Å². The molecule has 0 aliphatic rings. The zero-order valence-electron chi connectivity index (χ0n) is 8.99. The molecule has 0 atom stereocenters. The van der Waals surface area contributed by atoms with Gasteiger partial charge in [-0.3, -0.25) is 4.79 Å². The fraction of sp³-hybridized carbons (Fsp3) is 0.222. The molecule has 0 amide bonds. The number of carbonyl (C=O) groups is 1. The van der Waals surface area contributed by atoms with E-state index < -0.39 is 22.7 Å². The SMILES string of the molecule is CNS(=O)(=O)N(CC(=O)O)c1ccc(O)cc1. The summed E-state index contributed by atoms with van der Waals surface area (Å²) in [7, 11) is -2.72. The lowest BCUT2D eigenvalue weighted by atomic mass is 10.3. The smallest absolute Gasteiger partial charge is 0.324 e. The molecule has 0 heterocycles. The highest BCUT2D eigenvalue weighted by Gasteiger charge is 2.23. The molecule has 3 N–H and O–H groups in total. The van der Waals surface area contributed by atoms with E-state index in [1.54, 1.807) is 0 Å². The van der Waals surface area contributed by atoms with Crippen LogP contribution in [-0.2, 0) is 15.0 Å². The predicted octanol–water partition coefficient (Wildman–Crippen LogP) is -0.253. The fourth-order valence-corrected chi connectivity index (χ4v) is 2.07. The quantitative estimate of drug-likeness (QED) is 0.676. The first kappa shape index (κ1) is 13.3.